The molecule has 0 spiro atoms. The lowest BCUT2D eigenvalue weighted by Gasteiger charge is -2.70. The fourth-order valence-electron chi connectivity index (χ4n) is 11.1. The molecule has 3 fully saturated rings. The van der Waals surface area contributed by atoms with E-state index in [4.69, 9.17) is 9.26 Å². The van der Waals surface area contributed by atoms with Crippen molar-refractivity contribution in [1.82, 2.24) is 5.16 Å². The van der Waals surface area contributed by atoms with Gasteiger partial charge in [-0.25, -0.2) is 0 Å². The summed E-state index contributed by atoms with van der Waals surface area (Å²) in [5.74, 6) is 2.68. The van der Waals surface area contributed by atoms with Crippen LogP contribution in [0, 0.1) is 44.8 Å². The predicted molar refractivity (Wildman–Crippen MR) is 141 cm³/mol. The Morgan fingerprint density at radius 1 is 1.00 bits per heavy atom. The van der Waals surface area contributed by atoms with Crippen LogP contribution < -0.4 is 0 Å². The normalized spacial score (nSPS) is 46.2. The molecule has 0 radical (unpaired) electrons. The lowest BCUT2D eigenvalue weighted by atomic mass is 9.33. The molecule has 36 heavy (non-hydrogen) atoms. The molecule has 7 atom stereocenters. The Kier molecular flexibility index (Phi) is 5.01. The van der Waals surface area contributed by atoms with Crippen molar-refractivity contribution in [3.8, 4) is 0 Å². The standard InChI is InChI=1S/C32H47NO3/c1-27(2)13-15-32(26(34)35-8)16-14-30(6)21(22(32)18-27)9-10-24-29(5)17-20-19-33-36-25(20)28(3,4)23(29)11-12-31(24,30)7/h9,19,22-24H,10-18H2,1-8H3/t22-,23+,24+,29-,30+,31+,32-/m0/s1. The molecule has 5 aliphatic carbocycles. The molecule has 1 aromatic rings. The van der Waals surface area contributed by atoms with Crippen LogP contribution in [0.2, 0.25) is 0 Å². The number of fused-ring (bicyclic) bond motifs is 8. The van der Waals surface area contributed by atoms with Gasteiger partial charge in [0.05, 0.1) is 18.7 Å². The van der Waals surface area contributed by atoms with E-state index in [0.29, 0.717) is 17.8 Å². The van der Waals surface area contributed by atoms with E-state index in [-0.39, 0.29) is 38.5 Å². The Morgan fingerprint density at radius 3 is 2.44 bits per heavy atom. The van der Waals surface area contributed by atoms with E-state index in [1.807, 2.05) is 6.20 Å². The maximum absolute atomic E-state index is 13.4. The van der Waals surface area contributed by atoms with Gasteiger partial charge in [0, 0.05) is 11.0 Å². The van der Waals surface area contributed by atoms with Crippen LogP contribution in [0.25, 0.3) is 0 Å². The van der Waals surface area contributed by atoms with Crippen LogP contribution in [-0.2, 0) is 21.4 Å². The Labute approximate surface area is 218 Å². The smallest absolute Gasteiger partial charge is 0.312 e. The molecule has 0 amide bonds. The number of hydrogen-bond donors (Lipinski definition) is 0. The van der Waals surface area contributed by atoms with Crippen LogP contribution in [0.15, 0.2) is 22.4 Å². The molecule has 0 unspecified atom stereocenters. The quantitative estimate of drug-likeness (QED) is 0.298. The molecular weight excluding hydrogens is 446 g/mol. The SMILES string of the molecule is COC(=O)[C@]12CCC(C)(C)C[C@H]1C1=CC[C@@H]3[C@@]4(C)Cc5cnoc5C(C)(C)[C@H]4CC[C@@]3(C)[C@]1(C)CC2. The van der Waals surface area contributed by atoms with Crippen LogP contribution >= 0.6 is 0 Å². The van der Waals surface area contributed by atoms with Crippen molar-refractivity contribution in [2.24, 2.45) is 44.8 Å². The van der Waals surface area contributed by atoms with Gasteiger partial charge in [0.1, 0.15) is 5.76 Å². The Balaban J connectivity index is 1.46. The van der Waals surface area contributed by atoms with Gasteiger partial charge in [0.25, 0.3) is 0 Å². The maximum Gasteiger partial charge on any atom is 0.312 e. The van der Waals surface area contributed by atoms with Crippen LogP contribution in [0.5, 0.6) is 0 Å². The van der Waals surface area contributed by atoms with E-state index in [1.54, 1.807) is 12.7 Å². The summed E-state index contributed by atoms with van der Waals surface area (Å²) in [6, 6.07) is 0. The van der Waals surface area contributed by atoms with Gasteiger partial charge >= 0.3 is 5.97 Å². The third-order valence-corrected chi connectivity index (χ3v) is 13.2. The zero-order valence-corrected chi connectivity index (χ0v) is 23.9. The van der Waals surface area contributed by atoms with Crippen molar-refractivity contribution in [2.45, 2.75) is 112 Å². The van der Waals surface area contributed by atoms with Crippen LogP contribution in [0.3, 0.4) is 0 Å². The number of carbonyl (C=O) groups excluding carboxylic acids is 1. The summed E-state index contributed by atoms with van der Waals surface area (Å²) in [4.78, 5) is 13.4. The summed E-state index contributed by atoms with van der Waals surface area (Å²) in [7, 11) is 1.60. The van der Waals surface area contributed by atoms with Gasteiger partial charge in [-0.05, 0) is 97.2 Å². The topological polar surface area (TPSA) is 52.3 Å². The van der Waals surface area contributed by atoms with Crippen molar-refractivity contribution in [3.63, 3.8) is 0 Å². The Hall–Kier alpha value is -1.58. The number of nitrogens with zero attached hydrogens (tertiary/aromatic N) is 1. The third kappa shape index (κ3) is 2.83. The molecule has 0 bridgehead atoms. The van der Waals surface area contributed by atoms with E-state index in [9.17, 15) is 4.79 Å². The summed E-state index contributed by atoms with van der Waals surface area (Å²) in [5, 5.41) is 4.25. The number of allylic oxidation sites excluding steroid dienone is 2. The van der Waals surface area contributed by atoms with E-state index in [1.165, 1.54) is 18.4 Å². The molecule has 198 valence electrons. The first-order chi connectivity index (χ1) is 16.8. The number of hydrogen-bond acceptors (Lipinski definition) is 4. The van der Waals surface area contributed by atoms with Crippen molar-refractivity contribution < 1.29 is 14.1 Å². The Bertz CT molecular complexity index is 1130. The summed E-state index contributed by atoms with van der Waals surface area (Å²) in [6.07, 6.45) is 14.6. The molecule has 0 N–H and O–H groups in total. The molecular formula is C32H47NO3. The average Bonchev–Trinajstić information content (AvgIpc) is 3.27. The minimum atomic E-state index is -0.329. The molecule has 6 rings (SSSR count). The van der Waals surface area contributed by atoms with E-state index in [0.717, 1.165) is 50.7 Å². The summed E-state index contributed by atoms with van der Waals surface area (Å²) in [5.41, 5.74) is 3.42. The van der Waals surface area contributed by atoms with E-state index >= 15 is 0 Å². The minimum Gasteiger partial charge on any atom is -0.469 e. The maximum atomic E-state index is 13.4. The van der Waals surface area contributed by atoms with Gasteiger partial charge in [0.2, 0.25) is 0 Å². The lowest BCUT2D eigenvalue weighted by molar-refractivity contribution is -0.179. The second-order valence-corrected chi connectivity index (χ2v) is 15.4. The molecule has 0 aliphatic heterocycles. The molecule has 1 heterocycles. The largest absolute Gasteiger partial charge is 0.469 e. The van der Waals surface area contributed by atoms with Gasteiger partial charge in [-0.15, -0.1) is 0 Å². The first-order valence-electron chi connectivity index (χ1n) is 14.5. The highest BCUT2D eigenvalue weighted by Crippen LogP contribution is 2.75. The van der Waals surface area contributed by atoms with Crippen LogP contribution in [0.4, 0.5) is 0 Å². The second kappa shape index (κ2) is 7.29. The number of aromatic nitrogens is 1. The van der Waals surface area contributed by atoms with Crippen molar-refractivity contribution in [2.75, 3.05) is 7.11 Å². The minimum absolute atomic E-state index is 0.00502. The van der Waals surface area contributed by atoms with Gasteiger partial charge in [-0.3, -0.25) is 4.79 Å². The predicted octanol–water partition coefficient (Wildman–Crippen LogP) is 7.66. The van der Waals surface area contributed by atoms with Gasteiger partial charge in [-0.2, -0.15) is 0 Å². The number of rotatable bonds is 1. The Morgan fingerprint density at radius 2 is 1.72 bits per heavy atom. The number of methoxy groups -OCH3 is 1. The number of esters is 1. The van der Waals surface area contributed by atoms with Crippen molar-refractivity contribution in [1.29, 1.82) is 0 Å². The molecule has 0 aromatic carbocycles. The lowest BCUT2D eigenvalue weighted by Crippen LogP contribution is -2.64. The highest BCUT2D eigenvalue weighted by atomic mass is 16.5. The molecule has 4 heteroatoms. The fraction of sp³-hybridized carbons (Fsp3) is 0.812. The fourth-order valence-corrected chi connectivity index (χ4v) is 11.1. The van der Waals surface area contributed by atoms with Gasteiger partial charge in [0.15, 0.2) is 0 Å². The molecule has 0 saturated heterocycles. The zero-order valence-electron chi connectivity index (χ0n) is 23.9. The van der Waals surface area contributed by atoms with Gasteiger partial charge < -0.3 is 9.26 Å². The molecule has 5 aliphatic rings. The first kappa shape index (κ1) is 24.7. The van der Waals surface area contributed by atoms with Gasteiger partial charge in [-0.1, -0.05) is 65.3 Å². The van der Waals surface area contributed by atoms with Crippen LogP contribution in [0.1, 0.15) is 111 Å². The van der Waals surface area contributed by atoms with Crippen molar-refractivity contribution in [3.05, 3.63) is 29.2 Å². The van der Waals surface area contributed by atoms with Crippen LogP contribution in [-0.4, -0.2) is 18.2 Å². The highest BCUT2D eigenvalue weighted by molar-refractivity contribution is 5.78. The summed E-state index contributed by atoms with van der Waals surface area (Å²) < 4.78 is 11.4. The monoisotopic (exact) mass is 493 g/mol. The highest BCUT2D eigenvalue weighted by Gasteiger charge is 2.69. The second-order valence-electron chi connectivity index (χ2n) is 15.4. The van der Waals surface area contributed by atoms with E-state index in [2.05, 4.69) is 59.7 Å². The number of ether oxygens (including phenoxy) is 1. The summed E-state index contributed by atoms with van der Waals surface area (Å²) >= 11 is 0. The summed E-state index contributed by atoms with van der Waals surface area (Å²) in [6.45, 7) is 17.4. The zero-order chi connectivity index (χ0) is 25.9. The molecule has 4 nitrogen and oxygen atoms in total. The molecule has 3 saturated carbocycles. The number of carbonyl (C=O) groups is 1. The molecule has 1 aromatic heterocycles. The van der Waals surface area contributed by atoms with Crippen molar-refractivity contribution >= 4 is 5.97 Å². The third-order valence-electron chi connectivity index (χ3n) is 13.2. The van der Waals surface area contributed by atoms with E-state index < -0.39 is 0 Å². The average molecular weight is 494 g/mol. The first-order valence-corrected chi connectivity index (χ1v) is 14.5.